The first-order chi connectivity index (χ1) is 15.6. The quantitative estimate of drug-likeness (QED) is 0.413. The molecule has 0 radical (unpaired) electrons. The van der Waals surface area contributed by atoms with Crippen LogP contribution in [0.25, 0.3) is 11.3 Å². The van der Waals surface area contributed by atoms with Crippen LogP contribution in [0.5, 0.6) is 5.88 Å². The van der Waals surface area contributed by atoms with E-state index in [1.165, 1.54) is 18.5 Å². The Hall–Kier alpha value is -4.07. The minimum atomic E-state index is -0.742. The Morgan fingerprint density at radius 2 is 1.84 bits per heavy atom. The van der Waals surface area contributed by atoms with Crippen molar-refractivity contribution in [2.75, 3.05) is 5.32 Å². The molecule has 2 aromatic heterocycles. The van der Waals surface area contributed by atoms with Crippen molar-refractivity contribution in [2.24, 2.45) is 0 Å². The van der Waals surface area contributed by atoms with Gasteiger partial charge in [0.15, 0.2) is 11.7 Å². The minimum Gasteiger partial charge on any atom is -0.473 e. The second kappa shape index (κ2) is 9.82. The van der Waals surface area contributed by atoms with Gasteiger partial charge in [-0.15, -0.1) is 0 Å². The molecule has 2 heterocycles. The third-order valence-corrected chi connectivity index (χ3v) is 4.57. The molecule has 0 saturated heterocycles. The lowest BCUT2D eigenvalue weighted by Gasteiger charge is -2.07. The van der Waals surface area contributed by atoms with E-state index >= 15 is 0 Å². The Morgan fingerprint density at radius 3 is 2.59 bits per heavy atom. The van der Waals surface area contributed by atoms with E-state index < -0.39 is 11.6 Å². The molecule has 0 aliphatic rings. The molecule has 0 saturated carbocycles. The first-order valence-electron chi connectivity index (χ1n) is 9.89. The van der Waals surface area contributed by atoms with Gasteiger partial charge in [0.25, 0.3) is 0 Å². The zero-order valence-corrected chi connectivity index (χ0v) is 16.9. The number of aromatic nitrogens is 2. The van der Waals surface area contributed by atoms with Crippen molar-refractivity contribution in [1.29, 1.82) is 0 Å². The number of benzene rings is 2. The molecule has 4 aromatic rings. The summed E-state index contributed by atoms with van der Waals surface area (Å²) in [5.74, 6) is -0.762. The van der Waals surface area contributed by atoms with Crippen LogP contribution in [0.4, 0.5) is 14.5 Å². The van der Waals surface area contributed by atoms with E-state index in [0.29, 0.717) is 18.2 Å². The lowest BCUT2D eigenvalue weighted by Crippen LogP contribution is -2.12. The van der Waals surface area contributed by atoms with Crippen LogP contribution in [0.15, 0.2) is 77.5 Å². The summed E-state index contributed by atoms with van der Waals surface area (Å²) in [5, 5.41) is 2.74. The first-order valence-corrected chi connectivity index (χ1v) is 9.89. The number of aryl methyl sites for hydroxylation is 1. The van der Waals surface area contributed by atoms with Gasteiger partial charge in [0.2, 0.25) is 11.8 Å². The van der Waals surface area contributed by atoms with Gasteiger partial charge in [-0.05, 0) is 23.8 Å². The summed E-state index contributed by atoms with van der Waals surface area (Å²) in [5.41, 5.74) is 1.67. The zero-order chi connectivity index (χ0) is 22.3. The van der Waals surface area contributed by atoms with E-state index in [4.69, 9.17) is 9.15 Å². The van der Waals surface area contributed by atoms with Crippen molar-refractivity contribution >= 4 is 11.6 Å². The Morgan fingerprint density at radius 1 is 1.00 bits per heavy atom. The molecule has 4 rings (SSSR count). The van der Waals surface area contributed by atoms with Gasteiger partial charge in [-0.1, -0.05) is 30.3 Å². The van der Waals surface area contributed by atoms with Crippen LogP contribution in [0.2, 0.25) is 0 Å². The number of amides is 1. The van der Waals surface area contributed by atoms with Crippen molar-refractivity contribution in [3.63, 3.8) is 0 Å². The fourth-order valence-electron chi connectivity index (χ4n) is 2.95. The highest BCUT2D eigenvalue weighted by Gasteiger charge is 2.13. The van der Waals surface area contributed by atoms with Crippen LogP contribution in [0.1, 0.15) is 17.9 Å². The molecular weight excluding hydrogens is 416 g/mol. The molecule has 0 aliphatic carbocycles. The van der Waals surface area contributed by atoms with Gasteiger partial charge in [0.05, 0.1) is 23.6 Å². The normalized spacial score (nSPS) is 10.7. The Labute approximate surface area is 182 Å². The van der Waals surface area contributed by atoms with E-state index in [1.54, 1.807) is 12.1 Å². The van der Waals surface area contributed by atoms with Crippen molar-refractivity contribution in [3.05, 3.63) is 96.1 Å². The molecule has 0 atom stereocenters. The van der Waals surface area contributed by atoms with Crippen LogP contribution < -0.4 is 10.1 Å². The predicted octanol–water partition coefficient (Wildman–Crippen LogP) is 5.17. The maximum absolute atomic E-state index is 13.9. The summed E-state index contributed by atoms with van der Waals surface area (Å²) in [6.07, 6.45) is 3.19. The largest absolute Gasteiger partial charge is 0.473 e. The van der Waals surface area contributed by atoms with Crippen molar-refractivity contribution < 1.29 is 22.7 Å². The maximum atomic E-state index is 13.9. The van der Waals surface area contributed by atoms with Crippen LogP contribution in [-0.2, 0) is 17.8 Å². The highest BCUT2D eigenvalue weighted by atomic mass is 19.1. The second-order valence-electron chi connectivity index (χ2n) is 6.95. The van der Waals surface area contributed by atoms with Gasteiger partial charge in [0, 0.05) is 25.0 Å². The Kier molecular flexibility index (Phi) is 6.50. The number of ether oxygens (including phenoxy) is 1. The van der Waals surface area contributed by atoms with Gasteiger partial charge in [0.1, 0.15) is 18.2 Å². The Balaban J connectivity index is 1.26. The number of carbonyl (C=O) groups excluding carboxylic acids is 1. The third-order valence-electron chi connectivity index (χ3n) is 4.57. The van der Waals surface area contributed by atoms with E-state index in [0.717, 1.165) is 17.7 Å². The molecule has 32 heavy (non-hydrogen) atoms. The van der Waals surface area contributed by atoms with Gasteiger partial charge in [-0.2, -0.15) is 0 Å². The lowest BCUT2D eigenvalue weighted by atomic mass is 10.2. The summed E-state index contributed by atoms with van der Waals surface area (Å²) in [4.78, 5) is 20.5. The fourth-order valence-corrected chi connectivity index (χ4v) is 2.95. The van der Waals surface area contributed by atoms with E-state index in [1.807, 2.05) is 30.3 Å². The number of carbonyl (C=O) groups is 1. The number of oxazole rings is 1. The summed E-state index contributed by atoms with van der Waals surface area (Å²) >= 11 is 0. The summed E-state index contributed by atoms with van der Waals surface area (Å²) in [7, 11) is 0. The molecule has 0 fully saturated rings. The van der Waals surface area contributed by atoms with E-state index in [2.05, 4.69) is 15.3 Å². The molecule has 1 amide bonds. The average molecular weight is 435 g/mol. The molecule has 0 bridgehead atoms. The molecule has 6 nitrogen and oxygen atoms in total. The molecule has 0 spiro atoms. The third kappa shape index (κ3) is 5.54. The molecular formula is C24H19F2N3O3. The SMILES string of the molecule is O=C(CCc1ncc(-c2ccc(F)cc2F)o1)Nc1ccc(OCc2ccccc2)nc1. The Bertz CT molecular complexity index is 1190. The van der Waals surface area contributed by atoms with Crippen LogP contribution >= 0.6 is 0 Å². The molecule has 0 aliphatic heterocycles. The van der Waals surface area contributed by atoms with Crippen molar-refractivity contribution in [2.45, 2.75) is 19.4 Å². The highest BCUT2D eigenvalue weighted by Crippen LogP contribution is 2.24. The van der Waals surface area contributed by atoms with Crippen LogP contribution in [0, 0.1) is 11.6 Å². The van der Waals surface area contributed by atoms with E-state index in [-0.39, 0.29) is 36.0 Å². The minimum absolute atomic E-state index is 0.107. The second-order valence-corrected chi connectivity index (χ2v) is 6.95. The standard InChI is InChI=1S/C24H19F2N3O3/c25-17-6-8-19(20(26)12-17)21-14-28-24(32-21)11-9-22(30)29-18-7-10-23(27-13-18)31-15-16-4-2-1-3-5-16/h1-8,10,12-14H,9,11,15H2,(H,29,30). The van der Waals surface area contributed by atoms with Crippen LogP contribution in [0.3, 0.4) is 0 Å². The maximum Gasteiger partial charge on any atom is 0.224 e. The number of anilines is 1. The summed E-state index contributed by atoms with van der Waals surface area (Å²) in [6.45, 7) is 0.402. The number of nitrogens with one attached hydrogen (secondary N) is 1. The molecule has 0 unspecified atom stereocenters. The fraction of sp³-hybridized carbons (Fsp3) is 0.125. The van der Waals surface area contributed by atoms with E-state index in [9.17, 15) is 13.6 Å². The number of hydrogen-bond acceptors (Lipinski definition) is 5. The van der Waals surface area contributed by atoms with Gasteiger partial charge in [-0.3, -0.25) is 4.79 Å². The number of hydrogen-bond donors (Lipinski definition) is 1. The molecule has 2 aromatic carbocycles. The predicted molar refractivity (Wildman–Crippen MR) is 114 cm³/mol. The number of nitrogens with zero attached hydrogens (tertiary/aromatic N) is 2. The smallest absolute Gasteiger partial charge is 0.224 e. The number of halogens is 2. The average Bonchev–Trinajstić information content (AvgIpc) is 3.27. The zero-order valence-electron chi connectivity index (χ0n) is 16.9. The summed E-state index contributed by atoms with van der Waals surface area (Å²) < 4.78 is 38.0. The van der Waals surface area contributed by atoms with Gasteiger partial charge < -0.3 is 14.5 Å². The molecule has 1 N–H and O–H groups in total. The first kappa shape index (κ1) is 21.2. The summed E-state index contributed by atoms with van der Waals surface area (Å²) in [6, 6.07) is 16.3. The van der Waals surface area contributed by atoms with Gasteiger partial charge >= 0.3 is 0 Å². The highest BCUT2D eigenvalue weighted by molar-refractivity contribution is 5.90. The van der Waals surface area contributed by atoms with Crippen molar-refractivity contribution in [3.8, 4) is 17.2 Å². The monoisotopic (exact) mass is 435 g/mol. The van der Waals surface area contributed by atoms with Crippen LogP contribution in [-0.4, -0.2) is 15.9 Å². The van der Waals surface area contributed by atoms with Gasteiger partial charge in [-0.25, -0.2) is 18.7 Å². The van der Waals surface area contributed by atoms with Crippen molar-refractivity contribution in [1.82, 2.24) is 9.97 Å². The number of rotatable bonds is 8. The lowest BCUT2D eigenvalue weighted by molar-refractivity contribution is -0.116. The molecule has 162 valence electrons. The topological polar surface area (TPSA) is 77.2 Å². The molecule has 8 heteroatoms. The number of pyridine rings is 1.